The molecule has 0 atom stereocenters. The van der Waals surface area contributed by atoms with Crippen LogP contribution in [0.4, 0.5) is 5.69 Å². The number of anilines is 1. The molecular weight excluding hydrogens is 306 g/mol. The van der Waals surface area contributed by atoms with Crippen molar-refractivity contribution in [3.8, 4) is 5.75 Å². The van der Waals surface area contributed by atoms with Crippen molar-refractivity contribution in [2.45, 2.75) is 43.3 Å². The third-order valence-corrected chi connectivity index (χ3v) is 7.38. The second-order valence-electron chi connectivity index (χ2n) is 7.67. The van der Waals surface area contributed by atoms with Crippen molar-refractivity contribution in [1.29, 1.82) is 0 Å². The van der Waals surface area contributed by atoms with E-state index in [-0.39, 0.29) is 5.91 Å². The van der Waals surface area contributed by atoms with Crippen molar-refractivity contribution in [2.75, 3.05) is 18.2 Å². The molecule has 0 saturated heterocycles. The van der Waals surface area contributed by atoms with Crippen LogP contribution in [0.15, 0.2) is 24.3 Å². The Morgan fingerprint density at radius 2 is 1.70 bits per heavy atom. The summed E-state index contributed by atoms with van der Waals surface area (Å²) in [5.41, 5.74) is 0.849. The van der Waals surface area contributed by atoms with Gasteiger partial charge in [-0.1, -0.05) is 0 Å². The molecule has 124 valence electrons. The number of nitrogens with one attached hydrogen (secondary N) is 1. The summed E-state index contributed by atoms with van der Waals surface area (Å²) in [5.74, 6) is 4.34. The van der Waals surface area contributed by atoms with Crippen LogP contribution >= 0.6 is 11.8 Å². The van der Waals surface area contributed by atoms with Gasteiger partial charge >= 0.3 is 0 Å². The highest BCUT2D eigenvalue weighted by Gasteiger charge is 2.51. The van der Waals surface area contributed by atoms with Crippen LogP contribution in [0.2, 0.25) is 0 Å². The Kier molecular flexibility index (Phi) is 4.04. The number of thioether (sulfide) groups is 1. The number of benzene rings is 1. The molecule has 4 heteroatoms. The molecule has 0 spiro atoms. The van der Waals surface area contributed by atoms with Crippen molar-refractivity contribution in [3.63, 3.8) is 0 Å². The van der Waals surface area contributed by atoms with Crippen LogP contribution in [0.25, 0.3) is 0 Å². The molecule has 0 radical (unpaired) electrons. The fourth-order valence-corrected chi connectivity index (χ4v) is 6.87. The molecule has 0 heterocycles. The summed E-state index contributed by atoms with van der Waals surface area (Å²) >= 11 is 1.93. The molecule has 4 aliphatic carbocycles. The Labute approximate surface area is 142 Å². The van der Waals surface area contributed by atoms with Gasteiger partial charge < -0.3 is 10.1 Å². The van der Waals surface area contributed by atoms with Crippen molar-refractivity contribution >= 4 is 23.4 Å². The number of hydrogen-bond acceptors (Lipinski definition) is 3. The number of ether oxygens (including phenoxy) is 1. The molecule has 1 N–H and O–H groups in total. The SMILES string of the molecule is COc1ccc(NC(=O)CSC23CC4CC(CC(C4)C2)C3)cc1. The third kappa shape index (κ3) is 3.23. The van der Waals surface area contributed by atoms with Gasteiger partial charge in [0.25, 0.3) is 0 Å². The lowest BCUT2D eigenvalue weighted by Gasteiger charge is -2.56. The molecule has 3 nitrogen and oxygen atoms in total. The number of carbonyl (C=O) groups excluding carboxylic acids is 1. The zero-order valence-corrected chi connectivity index (χ0v) is 14.5. The first-order valence-corrected chi connectivity index (χ1v) is 9.70. The van der Waals surface area contributed by atoms with Crippen molar-refractivity contribution < 1.29 is 9.53 Å². The average molecular weight is 331 g/mol. The van der Waals surface area contributed by atoms with Gasteiger partial charge in [0.05, 0.1) is 12.9 Å². The molecule has 0 unspecified atom stereocenters. The summed E-state index contributed by atoms with van der Waals surface area (Å²) in [6, 6.07) is 7.54. The maximum Gasteiger partial charge on any atom is 0.234 e. The predicted octanol–water partition coefficient (Wildman–Crippen LogP) is 4.34. The molecule has 1 amide bonds. The largest absolute Gasteiger partial charge is 0.497 e. The number of carbonyl (C=O) groups is 1. The lowest BCUT2D eigenvalue weighted by atomic mass is 9.56. The van der Waals surface area contributed by atoms with Crippen LogP contribution < -0.4 is 10.1 Å². The summed E-state index contributed by atoms with van der Waals surface area (Å²) in [5, 5.41) is 3.01. The van der Waals surface area contributed by atoms with E-state index in [4.69, 9.17) is 4.74 Å². The van der Waals surface area contributed by atoms with Crippen LogP contribution in [0, 0.1) is 17.8 Å². The summed E-state index contributed by atoms with van der Waals surface area (Å²) in [6.45, 7) is 0. The van der Waals surface area contributed by atoms with Gasteiger partial charge in [-0.25, -0.2) is 0 Å². The van der Waals surface area contributed by atoms with Crippen LogP contribution in [-0.2, 0) is 4.79 Å². The summed E-state index contributed by atoms with van der Waals surface area (Å²) in [6.07, 6.45) is 8.41. The van der Waals surface area contributed by atoms with Gasteiger partial charge in [0, 0.05) is 10.4 Å². The zero-order valence-electron chi connectivity index (χ0n) is 13.7. The molecule has 0 aliphatic heterocycles. The molecule has 23 heavy (non-hydrogen) atoms. The Morgan fingerprint density at radius 3 is 2.22 bits per heavy atom. The normalized spacial score (nSPS) is 34.4. The van der Waals surface area contributed by atoms with Crippen LogP contribution in [0.5, 0.6) is 5.75 Å². The smallest absolute Gasteiger partial charge is 0.234 e. The Balaban J connectivity index is 1.32. The van der Waals surface area contributed by atoms with Gasteiger partial charge in [-0.15, -0.1) is 11.8 Å². The molecular formula is C19H25NO2S. The van der Waals surface area contributed by atoms with E-state index in [1.54, 1.807) is 7.11 Å². The first-order chi connectivity index (χ1) is 11.1. The minimum atomic E-state index is 0.121. The van der Waals surface area contributed by atoms with Gasteiger partial charge in [-0.2, -0.15) is 0 Å². The highest BCUT2D eigenvalue weighted by atomic mass is 32.2. The highest BCUT2D eigenvalue weighted by Crippen LogP contribution is 2.60. The molecule has 1 aromatic rings. The second-order valence-corrected chi connectivity index (χ2v) is 9.11. The van der Waals surface area contributed by atoms with Crippen molar-refractivity contribution in [3.05, 3.63) is 24.3 Å². The monoisotopic (exact) mass is 331 g/mol. The second kappa shape index (κ2) is 6.04. The quantitative estimate of drug-likeness (QED) is 0.872. The van der Waals surface area contributed by atoms with Crippen molar-refractivity contribution in [2.24, 2.45) is 17.8 Å². The Hall–Kier alpha value is -1.16. The number of methoxy groups -OCH3 is 1. The van der Waals surface area contributed by atoms with E-state index in [0.29, 0.717) is 10.5 Å². The van der Waals surface area contributed by atoms with E-state index in [0.717, 1.165) is 29.2 Å². The number of amides is 1. The number of hydrogen-bond donors (Lipinski definition) is 1. The maximum absolute atomic E-state index is 12.3. The average Bonchev–Trinajstić information content (AvgIpc) is 2.53. The van der Waals surface area contributed by atoms with Crippen LogP contribution in [0.3, 0.4) is 0 Å². The van der Waals surface area contributed by atoms with Crippen LogP contribution in [-0.4, -0.2) is 23.5 Å². The summed E-state index contributed by atoms with van der Waals surface area (Å²) in [4.78, 5) is 12.3. The predicted molar refractivity (Wildman–Crippen MR) is 95.0 cm³/mol. The molecule has 4 saturated carbocycles. The molecule has 4 fully saturated rings. The Bertz CT molecular complexity index is 548. The first-order valence-electron chi connectivity index (χ1n) is 8.72. The van der Waals surface area contributed by atoms with E-state index in [9.17, 15) is 4.79 Å². The Morgan fingerprint density at radius 1 is 1.13 bits per heavy atom. The standard InChI is InChI=1S/C19H25NO2S/c1-22-17-4-2-16(3-5-17)20-18(21)12-23-19-9-13-6-14(10-19)8-15(7-13)11-19/h2-5,13-15H,6-12H2,1H3,(H,20,21). The summed E-state index contributed by atoms with van der Waals surface area (Å²) < 4.78 is 5.55. The zero-order chi connectivity index (χ0) is 15.9. The van der Waals surface area contributed by atoms with E-state index in [1.165, 1.54) is 38.5 Å². The van der Waals surface area contributed by atoms with Crippen LogP contribution in [0.1, 0.15) is 38.5 Å². The molecule has 4 aliphatic rings. The molecule has 1 aromatic carbocycles. The van der Waals surface area contributed by atoms with Gasteiger partial charge in [0.1, 0.15) is 5.75 Å². The van der Waals surface area contributed by atoms with E-state index >= 15 is 0 Å². The lowest BCUT2D eigenvalue weighted by Crippen LogP contribution is -2.49. The summed E-state index contributed by atoms with van der Waals surface area (Å²) in [7, 11) is 1.65. The van der Waals surface area contributed by atoms with Crippen molar-refractivity contribution in [1.82, 2.24) is 0 Å². The van der Waals surface area contributed by atoms with Gasteiger partial charge in [-0.3, -0.25) is 4.79 Å². The molecule has 4 bridgehead atoms. The topological polar surface area (TPSA) is 38.3 Å². The van der Waals surface area contributed by atoms with E-state index < -0.39 is 0 Å². The van der Waals surface area contributed by atoms with E-state index in [2.05, 4.69) is 5.32 Å². The minimum Gasteiger partial charge on any atom is -0.497 e. The van der Waals surface area contributed by atoms with Gasteiger partial charge in [0.15, 0.2) is 0 Å². The lowest BCUT2D eigenvalue weighted by molar-refractivity contribution is -0.113. The van der Waals surface area contributed by atoms with Gasteiger partial charge in [0.2, 0.25) is 5.91 Å². The van der Waals surface area contributed by atoms with Gasteiger partial charge in [-0.05, 0) is 80.5 Å². The first kappa shape index (κ1) is 15.4. The molecule has 0 aromatic heterocycles. The third-order valence-electron chi connectivity index (χ3n) is 5.87. The fourth-order valence-electron chi connectivity index (χ4n) is 5.30. The number of rotatable bonds is 5. The highest BCUT2D eigenvalue weighted by molar-refractivity contribution is 8.01. The fraction of sp³-hybridized carbons (Fsp3) is 0.632. The maximum atomic E-state index is 12.3. The minimum absolute atomic E-state index is 0.121. The molecule has 5 rings (SSSR count). The van der Waals surface area contributed by atoms with E-state index in [1.807, 2.05) is 36.0 Å².